The SMILES string of the molecule is Cc1noc(C2CCCN(c3ncnc4c3cnn4C)C2)n1. The lowest BCUT2D eigenvalue weighted by Crippen LogP contribution is -2.35. The van der Waals surface area contributed by atoms with Crippen LogP contribution in [0.15, 0.2) is 17.0 Å². The molecule has 8 heteroatoms. The maximum Gasteiger partial charge on any atom is 0.231 e. The smallest absolute Gasteiger partial charge is 0.231 e. The van der Waals surface area contributed by atoms with Crippen molar-refractivity contribution in [2.24, 2.45) is 7.05 Å². The summed E-state index contributed by atoms with van der Waals surface area (Å²) in [6, 6.07) is 0. The summed E-state index contributed by atoms with van der Waals surface area (Å²) in [5, 5.41) is 9.16. The van der Waals surface area contributed by atoms with E-state index >= 15 is 0 Å². The van der Waals surface area contributed by atoms with E-state index in [1.54, 1.807) is 11.0 Å². The van der Waals surface area contributed by atoms with Gasteiger partial charge in [0, 0.05) is 20.1 Å². The van der Waals surface area contributed by atoms with Gasteiger partial charge in [-0.1, -0.05) is 5.16 Å². The fraction of sp³-hybridized carbons (Fsp3) is 0.500. The Labute approximate surface area is 127 Å². The molecule has 0 aromatic carbocycles. The van der Waals surface area contributed by atoms with Gasteiger partial charge >= 0.3 is 0 Å². The monoisotopic (exact) mass is 299 g/mol. The minimum Gasteiger partial charge on any atom is -0.355 e. The molecule has 114 valence electrons. The Morgan fingerprint density at radius 2 is 2.23 bits per heavy atom. The van der Waals surface area contributed by atoms with E-state index in [-0.39, 0.29) is 5.92 Å². The first kappa shape index (κ1) is 13.2. The van der Waals surface area contributed by atoms with Gasteiger partial charge in [0.25, 0.3) is 0 Å². The van der Waals surface area contributed by atoms with Crippen LogP contribution in [-0.2, 0) is 7.05 Å². The van der Waals surface area contributed by atoms with Crippen LogP contribution < -0.4 is 4.90 Å². The summed E-state index contributed by atoms with van der Waals surface area (Å²) in [7, 11) is 1.89. The van der Waals surface area contributed by atoms with Crippen molar-refractivity contribution in [3.63, 3.8) is 0 Å². The van der Waals surface area contributed by atoms with Crippen LogP contribution in [0.4, 0.5) is 5.82 Å². The molecular formula is C14H17N7O. The molecule has 1 aliphatic heterocycles. The number of aryl methyl sites for hydroxylation is 2. The molecule has 1 aliphatic rings. The van der Waals surface area contributed by atoms with Crippen LogP contribution in [0.25, 0.3) is 11.0 Å². The number of anilines is 1. The van der Waals surface area contributed by atoms with Gasteiger partial charge < -0.3 is 9.42 Å². The Balaban J connectivity index is 1.66. The molecule has 0 aliphatic carbocycles. The molecule has 0 bridgehead atoms. The van der Waals surface area contributed by atoms with Crippen molar-refractivity contribution >= 4 is 16.9 Å². The number of nitrogens with zero attached hydrogens (tertiary/aromatic N) is 7. The van der Waals surface area contributed by atoms with Gasteiger partial charge in [0.1, 0.15) is 12.1 Å². The maximum atomic E-state index is 5.34. The molecule has 4 heterocycles. The van der Waals surface area contributed by atoms with Crippen LogP contribution in [0, 0.1) is 6.92 Å². The van der Waals surface area contributed by atoms with Crippen LogP contribution in [0.5, 0.6) is 0 Å². The van der Waals surface area contributed by atoms with E-state index in [1.807, 2.05) is 20.2 Å². The largest absolute Gasteiger partial charge is 0.355 e. The second kappa shape index (κ2) is 5.04. The third-order valence-corrected chi connectivity index (χ3v) is 4.12. The first-order valence-electron chi connectivity index (χ1n) is 7.40. The number of hydrogen-bond donors (Lipinski definition) is 0. The van der Waals surface area contributed by atoms with Gasteiger partial charge in [0.15, 0.2) is 11.5 Å². The Kier molecular flexibility index (Phi) is 3.02. The maximum absolute atomic E-state index is 5.34. The van der Waals surface area contributed by atoms with Crippen LogP contribution in [0.1, 0.15) is 30.5 Å². The van der Waals surface area contributed by atoms with Crippen molar-refractivity contribution < 1.29 is 4.52 Å². The van der Waals surface area contributed by atoms with Crippen molar-refractivity contribution in [3.8, 4) is 0 Å². The lowest BCUT2D eigenvalue weighted by molar-refractivity contribution is 0.331. The molecule has 8 nitrogen and oxygen atoms in total. The molecule has 0 N–H and O–H groups in total. The van der Waals surface area contributed by atoms with E-state index in [0.717, 1.165) is 48.7 Å². The average molecular weight is 299 g/mol. The highest BCUT2D eigenvalue weighted by molar-refractivity contribution is 5.86. The Morgan fingerprint density at radius 3 is 3.05 bits per heavy atom. The number of hydrogen-bond acceptors (Lipinski definition) is 7. The summed E-state index contributed by atoms with van der Waals surface area (Å²) in [4.78, 5) is 15.4. The van der Waals surface area contributed by atoms with E-state index < -0.39 is 0 Å². The quantitative estimate of drug-likeness (QED) is 0.707. The molecule has 0 spiro atoms. The van der Waals surface area contributed by atoms with Crippen molar-refractivity contribution in [2.45, 2.75) is 25.7 Å². The molecule has 3 aromatic heterocycles. The predicted octanol–water partition coefficient (Wildman–Crippen LogP) is 1.44. The summed E-state index contributed by atoms with van der Waals surface area (Å²) in [5.41, 5.74) is 0.848. The predicted molar refractivity (Wildman–Crippen MR) is 79.5 cm³/mol. The van der Waals surface area contributed by atoms with E-state index in [4.69, 9.17) is 4.52 Å². The third-order valence-electron chi connectivity index (χ3n) is 4.12. The van der Waals surface area contributed by atoms with Crippen LogP contribution in [0.3, 0.4) is 0 Å². The van der Waals surface area contributed by atoms with Gasteiger partial charge in [0.05, 0.1) is 17.5 Å². The molecule has 1 saturated heterocycles. The second-order valence-corrected chi connectivity index (χ2v) is 5.67. The highest BCUT2D eigenvalue weighted by Gasteiger charge is 2.27. The van der Waals surface area contributed by atoms with Crippen molar-refractivity contribution in [2.75, 3.05) is 18.0 Å². The molecular weight excluding hydrogens is 282 g/mol. The third kappa shape index (κ3) is 2.11. The molecule has 1 atom stereocenters. The minimum absolute atomic E-state index is 0.247. The minimum atomic E-state index is 0.247. The van der Waals surface area contributed by atoms with Gasteiger partial charge in [-0.15, -0.1) is 0 Å². The highest BCUT2D eigenvalue weighted by atomic mass is 16.5. The first-order valence-corrected chi connectivity index (χ1v) is 7.40. The molecule has 22 heavy (non-hydrogen) atoms. The van der Waals surface area contributed by atoms with Crippen LogP contribution in [0.2, 0.25) is 0 Å². The van der Waals surface area contributed by atoms with Gasteiger partial charge in [-0.25, -0.2) is 9.97 Å². The Bertz CT molecular complexity index is 808. The number of fused-ring (bicyclic) bond motifs is 1. The molecule has 0 amide bonds. The standard InChI is InChI=1S/C14H17N7O/c1-9-18-14(22-19-9)10-4-3-5-21(7-10)13-11-6-17-20(2)12(11)15-8-16-13/h6,8,10H,3-5,7H2,1-2H3. The van der Waals surface area contributed by atoms with Crippen LogP contribution >= 0.6 is 0 Å². The fourth-order valence-electron chi connectivity index (χ4n) is 3.05. The lowest BCUT2D eigenvalue weighted by Gasteiger charge is -2.32. The van der Waals surface area contributed by atoms with Gasteiger partial charge in [0.2, 0.25) is 5.89 Å². The molecule has 1 unspecified atom stereocenters. The number of piperidine rings is 1. The normalized spacial score (nSPS) is 19.0. The van der Waals surface area contributed by atoms with Gasteiger partial charge in [-0.2, -0.15) is 10.1 Å². The number of aromatic nitrogens is 6. The topological polar surface area (TPSA) is 85.8 Å². The highest BCUT2D eigenvalue weighted by Crippen LogP contribution is 2.31. The fourth-order valence-corrected chi connectivity index (χ4v) is 3.05. The molecule has 0 radical (unpaired) electrons. The summed E-state index contributed by atoms with van der Waals surface area (Å²) in [6.45, 7) is 3.63. The molecule has 0 saturated carbocycles. The Hall–Kier alpha value is -2.51. The molecule has 4 rings (SSSR count). The van der Waals surface area contributed by atoms with E-state index in [2.05, 4.69) is 30.1 Å². The Morgan fingerprint density at radius 1 is 1.32 bits per heavy atom. The summed E-state index contributed by atoms with van der Waals surface area (Å²) in [5.74, 6) is 2.58. The van der Waals surface area contributed by atoms with E-state index in [1.165, 1.54) is 0 Å². The molecule has 3 aromatic rings. The van der Waals surface area contributed by atoms with Crippen molar-refractivity contribution in [3.05, 3.63) is 24.2 Å². The zero-order chi connectivity index (χ0) is 15.1. The van der Waals surface area contributed by atoms with E-state index in [9.17, 15) is 0 Å². The zero-order valence-electron chi connectivity index (χ0n) is 12.6. The van der Waals surface area contributed by atoms with Crippen LogP contribution in [-0.4, -0.2) is 43.0 Å². The van der Waals surface area contributed by atoms with Gasteiger partial charge in [-0.3, -0.25) is 4.68 Å². The zero-order valence-corrected chi connectivity index (χ0v) is 12.6. The van der Waals surface area contributed by atoms with Crippen molar-refractivity contribution in [1.82, 2.24) is 29.9 Å². The summed E-state index contributed by atoms with van der Waals surface area (Å²) < 4.78 is 7.11. The van der Waals surface area contributed by atoms with Gasteiger partial charge in [-0.05, 0) is 19.8 Å². The van der Waals surface area contributed by atoms with E-state index in [0.29, 0.717) is 5.82 Å². The first-order chi connectivity index (χ1) is 10.7. The second-order valence-electron chi connectivity index (χ2n) is 5.67. The summed E-state index contributed by atoms with van der Waals surface area (Å²) >= 11 is 0. The average Bonchev–Trinajstić information content (AvgIpc) is 3.14. The molecule has 1 fully saturated rings. The van der Waals surface area contributed by atoms with Crippen molar-refractivity contribution in [1.29, 1.82) is 0 Å². The summed E-state index contributed by atoms with van der Waals surface area (Å²) in [6.07, 6.45) is 5.54. The number of rotatable bonds is 2. The lowest BCUT2D eigenvalue weighted by atomic mass is 9.98.